The van der Waals surface area contributed by atoms with Gasteiger partial charge in [-0.15, -0.1) is 11.8 Å². The lowest BCUT2D eigenvalue weighted by atomic mass is 10.1. The monoisotopic (exact) mass is 621 g/mol. The van der Waals surface area contributed by atoms with Crippen LogP contribution < -0.4 is 9.62 Å². The van der Waals surface area contributed by atoms with Crippen LogP contribution in [0.1, 0.15) is 31.4 Å². The van der Waals surface area contributed by atoms with Crippen LogP contribution in [-0.2, 0) is 26.2 Å². The van der Waals surface area contributed by atoms with Crippen molar-refractivity contribution < 1.29 is 18.0 Å². The predicted octanol–water partition coefficient (Wildman–Crippen LogP) is 6.16. The second kappa shape index (κ2) is 14.3. The van der Waals surface area contributed by atoms with Crippen molar-refractivity contribution in [2.24, 2.45) is 0 Å². The molecule has 0 spiro atoms. The van der Waals surface area contributed by atoms with Crippen LogP contribution in [0.4, 0.5) is 5.69 Å². The molecule has 0 aliphatic heterocycles. The Morgan fingerprint density at radius 2 is 1.65 bits per heavy atom. The molecule has 3 rings (SSSR count). The van der Waals surface area contributed by atoms with Crippen LogP contribution in [-0.4, -0.2) is 50.5 Å². The molecule has 0 heterocycles. The molecule has 0 bridgehead atoms. The molecule has 7 nitrogen and oxygen atoms in total. The van der Waals surface area contributed by atoms with Crippen LogP contribution in [0.15, 0.2) is 76.5 Å². The largest absolute Gasteiger partial charge is 0.354 e. The van der Waals surface area contributed by atoms with Gasteiger partial charge in [0, 0.05) is 28.0 Å². The van der Waals surface area contributed by atoms with Crippen LogP contribution in [0.5, 0.6) is 0 Å². The number of hydrogen-bond acceptors (Lipinski definition) is 5. The van der Waals surface area contributed by atoms with Crippen molar-refractivity contribution in [1.29, 1.82) is 0 Å². The van der Waals surface area contributed by atoms with E-state index in [0.717, 1.165) is 21.2 Å². The van der Waals surface area contributed by atoms with Crippen LogP contribution in [0.25, 0.3) is 0 Å². The SMILES string of the molecule is CCCNC(=O)C(C)N(Cc1ccc(Cl)cc1Cl)C(=O)CN(c1ccc(C)cc1)S(=O)(=O)c1ccc(SC)cc1. The number of hydrogen-bond donors (Lipinski definition) is 1. The molecule has 0 radical (unpaired) electrons. The second-order valence-electron chi connectivity index (χ2n) is 9.25. The Bertz CT molecular complexity index is 1430. The minimum atomic E-state index is -4.13. The summed E-state index contributed by atoms with van der Waals surface area (Å²) in [4.78, 5) is 29.2. The van der Waals surface area contributed by atoms with Crippen molar-refractivity contribution in [1.82, 2.24) is 10.2 Å². The normalized spacial score (nSPS) is 12.1. The number of halogens is 2. The van der Waals surface area contributed by atoms with E-state index in [4.69, 9.17) is 23.2 Å². The van der Waals surface area contributed by atoms with Crippen molar-refractivity contribution in [2.45, 2.75) is 49.6 Å². The van der Waals surface area contributed by atoms with Crippen LogP contribution in [0.3, 0.4) is 0 Å². The maximum atomic E-state index is 13.9. The van der Waals surface area contributed by atoms with Gasteiger partial charge >= 0.3 is 0 Å². The maximum absolute atomic E-state index is 13.9. The molecule has 0 aliphatic carbocycles. The molecule has 3 aromatic carbocycles. The minimum absolute atomic E-state index is 0.0141. The number of nitrogens with zero attached hydrogens (tertiary/aromatic N) is 2. The Labute approximate surface area is 250 Å². The molecule has 2 amide bonds. The summed E-state index contributed by atoms with van der Waals surface area (Å²) in [6.07, 6.45) is 2.63. The molecule has 11 heteroatoms. The van der Waals surface area contributed by atoms with Gasteiger partial charge in [0.25, 0.3) is 10.0 Å². The Morgan fingerprint density at radius 3 is 2.23 bits per heavy atom. The first-order valence-electron chi connectivity index (χ1n) is 12.7. The quantitative estimate of drug-likeness (QED) is 0.245. The number of sulfonamides is 1. The summed E-state index contributed by atoms with van der Waals surface area (Å²) >= 11 is 14.0. The predicted molar refractivity (Wildman–Crippen MR) is 164 cm³/mol. The van der Waals surface area contributed by atoms with E-state index >= 15 is 0 Å². The number of thioether (sulfide) groups is 1. The lowest BCUT2D eigenvalue weighted by molar-refractivity contribution is -0.139. The van der Waals surface area contributed by atoms with Gasteiger partial charge in [0.05, 0.1) is 10.6 Å². The van der Waals surface area contributed by atoms with E-state index in [9.17, 15) is 18.0 Å². The third kappa shape index (κ3) is 7.94. The zero-order chi connectivity index (χ0) is 29.4. The van der Waals surface area contributed by atoms with Crippen molar-refractivity contribution >= 4 is 62.5 Å². The molecule has 1 unspecified atom stereocenters. The zero-order valence-electron chi connectivity index (χ0n) is 22.9. The first-order valence-corrected chi connectivity index (χ1v) is 16.1. The van der Waals surface area contributed by atoms with E-state index in [2.05, 4.69) is 5.32 Å². The molecule has 40 heavy (non-hydrogen) atoms. The third-order valence-corrected chi connectivity index (χ3v) is 9.44. The number of aryl methyl sites for hydroxylation is 1. The van der Waals surface area contributed by atoms with Gasteiger partial charge in [-0.25, -0.2) is 8.42 Å². The van der Waals surface area contributed by atoms with Gasteiger partial charge in [-0.2, -0.15) is 0 Å². The topological polar surface area (TPSA) is 86.8 Å². The van der Waals surface area contributed by atoms with Gasteiger partial charge in [-0.3, -0.25) is 13.9 Å². The number of rotatable bonds is 12. The zero-order valence-corrected chi connectivity index (χ0v) is 26.0. The summed E-state index contributed by atoms with van der Waals surface area (Å²) in [6, 6.07) is 17.4. The molecule has 1 atom stereocenters. The fourth-order valence-electron chi connectivity index (χ4n) is 3.93. The van der Waals surface area contributed by atoms with E-state index < -0.39 is 28.5 Å². The molecule has 3 aromatic rings. The second-order valence-corrected chi connectivity index (χ2v) is 12.8. The fraction of sp³-hybridized carbons (Fsp3) is 0.310. The number of benzene rings is 3. The van der Waals surface area contributed by atoms with Gasteiger partial charge in [0.15, 0.2) is 0 Å². The van der Waals surface area contributed by atoms with Gasteiger partial charge in [0.2, 0.25) is 11.8 Å². The Kier molecular flexibility index (Phi) is 11.3. The highest BCUT2D eigenvalue weighted by molar-refractivity contribution is 7.98. The van der Waals surface area contributed by atoms with Crippen molar-refractivity contribution in [3.05, 3.63) is 87.9 Å². The Balaban J connectivity index is 2.03. The van der Waals surface area contributed by atoms with Crippen LogP contribution >= 0.6 is 35.0 Å². The molecule has 0 saturated heterocycles. The average molecular weight is 623 g/mol. The molecule has 0 aliphatic rings. The van der Waals surface area contributed by atoms with E-state index in [0.29, 0.717) is 27.8 Å². The Morgan fingerprint density at radius 1 is 1.00 bits per heavy atom. The minimum Gasteiger partial charge on any atom is -0.354 e. The van der Waals surface area contributed by atoms with Gasteiger partial charge in [0.1, 0.15) is 12.6 Å². The molecule has 214 valence electrons. The molecule has 1 N–H and O–H groups in total. The molecular weight excluding hydrogens is 589 g/mol. The average Bonchev–Trinajstić information content (AvgIpc) is 2.94. The fourth-order valence-corrected chi connectivity index (χ4v) is 6.22. The van der Waals surface area contributed by atoms with Crippen LogP contribution in [0.2, 0.25) is 10.0 Å². The highest BCUT2D eigenvalue weighted by Crippen LogP contribution is 2.27. The lowest BCUT2D eigenvalue weighted by Gasteiger charge is -2.32. The third-order valence-electron chi connectivity index (χ3n) is 6.32. The maximum Gasteiger partial charge on any atom is 0.264 e. The summed E-state index contributed by atoms with van der Waals surface area (Å²) < 4.78 is 28.9. The molecule has 0 aromatic heterocycles. The van der Waals surface area contributed by atoms with Crippen molar-refractivity contribution in [3.63, 3.8) is 0 Å². The molecular formula is C29H33Cl2N3O4S2. The van der Waals surface area contributed by atoms with Gasteiger partial charge in [-0.05, 0) is 80.6 Å². The highest BCUT2D eigenvalue weighted by Gasteiger charge is 2.32. The van der Waals surface area contributed by atoms with Gasteiger partial charge < -0.3 is 10.2 Å². The first kappa shape index (κ1) is 31.8. The number of anilines is 1. The summed E-state index contributed by atoms with van der Waals surface area (Å²) in [5, 5.41) is 3.59. The van der Waals surface area contributed by atoms with Crippen molar-refractivity contribution in [2.75, 3.05) is 23.7 Å². The smallest absolute Gasteiger partial charge is 0.264 e. The summed E-state index contributed by atoms with van der Waals surface area (Å²) in [7, 11) is -4.13. The number of carbonyl (C=O) groups is 2. The summed E-state index contributed by atoms with van der Waals surface area (Å²) in [5.41, 5.74) is 1.85. The first-order chi connectivity index (χ1) is 19.0. The Hall–Kier alpha value is -2.72. The van der Waals surface area contributed by atoms with Crippen molar-refractivity contribution in [3.8, 4) is 0 Å². The lowest BCUT2D eigenvalue weighted by Crippen LogP contribution is -2.51. The summed E-state index contributed by atoms with van der Waals surface area (Å²) in [6.45, 7) is 5.34. The van der Waals surface area contributed by atoms with E-state index in [1.54, 1.807) is 61.5 Å². The molecule has 0 fully saturated rings. The van der Waals surface area contributed by atoms with E-state index in [-0.39, 0.29) is 17.3 Å². The number of carbonyl (C=O) groups excluding carboxylic acids is 2. The van der Waals surface area contributed by atoms with E-state index in [1.807, 2.05) is 20.1 Å². The summed E-state index contributed by atoms with van der Waals surface area (Å²) in [5.74, 6) is -0.910. The number of amides is 2. The number of nitrogens with one attached hydrogen (secondary N) is 1. The van der Waals surface area contributed by atoms with E-state index in [1.165, 1.54) is 28.8 Å². The highest BCUT2D eigenvalue weighted by atomic mass is 35.5. The van der Waals surface area contributed by atoms with Crippen LogP contribution in [0, 0.1) is 6.92 Å². The molecule has 0 saturated carbocycles. The van der Waals surface area contributed by atoms with Gasteiger partial charge in [-0.1, -0.05) is 53.9 Å². The standard InChI is InChI=1S/C29H33Cl2N3O4S2/c1-5-16-32-29(36)21(3)33(18-22-8-9-23(30)17-27(22)31)28(35)19-34(24-10-6-20(2)7-11-24)40(37,38)26-14-12-25(39-4)13-15-26/h6-15,17,21H,5,16,18-19H2,1-4H3,(H,32,36).